The van der Waals surface area contributed by atoms with Gasteiger partial charge in [0.05, 0.1) is 7.11 Å². The van der Waals surface area contributed by atoms with Gasteiger partial charge in [0.1, 0.15) is 0 Å². The molecule has 2 heterocycles. The molecule has 1 fully saturated rings. The van der Waals surface area contributed by atoms with Crippen molar-refractivity contribution in [2.75, 3.05) is 32.6 Å². The molecule has 0 aromatic carbocycles. The Balaban J connectivity index is 1.90. The van der Waals surface area contributed by atoms with Crippen LogP contribution in [0.1, 0.15) is 23.3 Å². The number of hydrogen-bond donors (Lipinski definition) is 1. The van der Waals surface area contributed by atoms with Crippen LogP contribution in [0.15, 0.2) is 5.38 Å². The maximum absolute atomic E-state index is 11.2. The summed E-state index contributed by atoms with van der Waals surface area (Å²) in [5.74, 6) is -0.377. The van der Waals surface area contributed by atoms with Gasteiger partial charge in [0, 0.05) is 11.4 Å². The lowest BCUT2D eigenvalue weighted by atomic mass is 10.1. The van der Waals surface area contributed by atoms with Crippen LogP contribution < -0.4 is 5.32 Å². The van der Waals surface area contributed by atoms with Crippen molar-refractivity contribution < 1.29 is 9.53 Å². The molecule has 0 spiro atoms. The summed E-state index contributed by atoms with van der Waals surface area (Å²) >= 11 is 1.45. The molecular weight excluding hydrogens is 238 g/mol. The Kier molecular flexibility index (Phi) is 3.96. The molecule has 0 bridgehead atoms. The summed E-state index contributed by atoms with van der Waals surface area (Å²) in [5, 5.41) is 5.90. The number of nitrogens with zero attached hydrogens (tertiary/aromatic N) is 2. The predicted molar refractivity (Wildman–Crippen MR) is 67.6 cm³/mol. The number of methoxy groups -OCH3 is 1. The Morgan fingerprint density at radius 3 is 2.94 bits per heavy atom. The summed E-state index contributed by atoms with van der Waals surface area (Å²) in [5.41, 5.74) is 0.382. The van der Waals surface area contributed by atoms with Gasteiger partial charge >= 0.3 is 5.97 Å². The lowest BCUT2D eigenvalue weighted by Crippen LogP contribution is -2.36. The second-order valence-corrected chi connectivity index (χ2v) is 5.11. The molecule has 1 N–H and O–H groups in total. The number of nitrogens with one attached hydrogen (secondary N) is 1. The van der Waals surface area contributed by atoms with Gasteiger partial charge in [-0.1, -0.05) is 0 Å². The summed E-state index contributed by atoms with van der Waals surface area (Å²) in [6.45, 7) is 2.21. The third-order valence-electron chi connectivity index (χ3n) is 2.94. The van der Waals surface area contributed by atoms with Gasteiger partial charge in [-0.25, -0.2) is 9.78 Å². The van der Waals surface area contributed by atoms with Crippen molar-refractivity contribution in [1.82, 2.24) is 9.88 Å². The Bertz CT molecular complexity index is 386. The topological polar surface area (TPSA) is 54.5 Å². The van der Waals surface area contributed by atoms with Crippen LogP contribution in [-0.4, -0.2) is 49.1 Å². The maximum atomic E-state index is 11.2. The largest absolute Gasteiger partial charge is 0.464 e. The molecule has 0 atom stereocenters. The molecule has 0 aliphatic carbocycles. The predicted octanol–water partition coefficient (Wildman–Crippen LogP) is 1.44. The van der Waals surface area contributed by atoms with Gasteiger partial charge in [-0.15, -0.1) is 11.3 Å². The summed E-state index contributed by atoms with van der Waals surface area (Å²) in [7, 11) is 3.50. The van der Waals surface area contributed by atoms with E-state index in [9.17, 15) is 4.79 Å². The Morgan fingerprint density at radius 2 is 2.29 bits per heavy atom. The van der Waals surface area contributed by atoms with Gasteiger partial charge in [-0.2, -0.15) is 0 Å². The Morgan fingerprint density at radius 1 is 1.59 bits per heavy atom. The second-order valence-electron chi connectivity index (χ2n) is 4.25. The van der Waals surface area contributed by atoms with E-state index in [1.165, 1.54) is 18.4 Å². The molecular formula is C11H17N3O2S. The van der Waals surface area contributed by atoms with Crippen molar-refractivity contribution in [1.29, 1.82) is 0 Å². The normalized spacial score (nSPS) is 18.0. The average Bonchev–Trinajstić information content (AvgIpc) is 2.80. The Labute approximate surface area is 105 Å². The fourth-order valence-electron chi connectivity index (χ4n) is 1.87. The SMILES string of the molecule is COC(=O)c1csc(NC2CCN(C)CC2)n1. The minimum atomic E-state index is -0.377. The molecule has 1 aliphatic rings. The highest BCUT2D eigenvalue weighted by molar-refractivity contribution is 7.13. The average molecular weight is 255 g/mol. The fourth-order valence-corrected chi connectivity index (χ4v) is 2.62. The van der Waals surface area contributed by atoms with Crippen LogP contribution >= 0.6 is 11.3 Å². The molecule has 0 radical (unpaired) electrons. The van der Waals surface area contributed by atoms with Gasteiger partial charge in [-0.3, -0.25) is 0 Å². The zero-order chi connectivity index (χ0) is 12.3. The molecule has 0 amide bonds. The van der Waals surface area contributed by atoms with Gasteiger partial charge in [0.25, 0.3) is 0 Å². The highest BCUT2D eigenvalue weighted by Gasteiger charge is 2.18. The third kappa shape index (κ3) is 3.17. The first kappa shape index (κ1) is 12.3. The van der Waals surface area contributed by atoms with E-state index in [0.29, 0.717) is 11.7 Å². The highest BCUT2D eigenvalue weighted by atomic mass is 32.1. The van der Waals surface area contributed by atoms with Crippen molar-refractivity contribution in [3.05, 3.63) is 11.1 Å². The number of hydrogen-bond acceptors (Lipinski definition) is 6. The molecule has 6 heteroatoms. The van der Waals surface area contributed by atoms with E-state index >= 15 is 0 Å². The highest BCUT2D eigenvalue weighted by Crippen LogP contribution is 2.20. The molecule has 2 rings (SSSR count). The van der Waals surface area contributed by atoms with Gasteiger partial charge in [0.2, 0.25) is 0 Å². The van der Waals surface area contributed by atoms with Gasteiger partial charge in [-0.05, 0) is 33.0 Å². The number of carbonyl (C=O) groups is 1. The van der Waals surface area contributed by atoms with E-state index < -0.39 is 0 Å². The minimum absolute atomic E-state index is 0.377. The lowest BCUT2D eigenvalue weighted by molar-refractivity contribution is 0.0595. The first-order chi connectivity index (χ1) is 8.19. The fraction of sp³-hybridized carbons (Fsp3) is 0.636. The zero-order valence-corrected chi connectivity index (χ0v) is 10.9. The van der Waals surface area contributed by atoms with Crippen LogP contribution in [-0.2, 0) is 4.74 Å². The molecule has 1 saturated heterocycles. The third-order valence-corrected chi connectivity index (χ3v) is 3.72. The van der Waals surface area contributed by atoms with Crippen LogP contribution in [0.4, 0.5) is 5.13 Å². The molecule has 5 nitrogen and oxygen atoms in total. The molecule has 1 aliphatic heterocycles. The second kappa shape index (κ2) is 5.46. The van der Waals surface area contributed by atoms with Crippen molar-refractivity contribution in [3.8, 4) is 0 Å². The molecule has 1 aromatic heterocycles. The van der Waals surface area contributed by atoms with Gasteiger partial charge in [0.15, 0.2) is 10.8 Å². The first-order valence-electron chi connectivity index (χ1n) is 5.68. The van der Waals surface area contributed by atoms with Crippen LogP contribution in [0.2, 0.25) is 0 Å². The summed E-state index contributed by atoms with van der Waals surface area (Å²) < 4.78 is 4.62. The number of likely N-dealkylation sites (tertiary alicyclic amines) is 1. The van der Waals surface area contributed by atoms with E-state index in [2.05, 4.69) is 27.0 Å². The first-order valence-corrected chi connectivity index (χ1v) is 6.56. The number of ether oxygens (including phenoxy) is 1. The number of esters is 1. The molecule has 17 heavy (non-hydrogen) atoms. The molecule has 1 aromatic rings. The van der Waals surface area contributed by atoms with Crippen molar-refractivity contribution in [2.24, 2.45) is 0 Å². The van der Waals surface area contributed by atoms with Crippen LogP contribution in [0, 0.1) is 0 Å². The van der Waals surface area contributed by atoms with E-state index in [4.69, 9.17) is 0 Å². The van der Waals surface area contributed by atoms with Crippen molar-refractivity contribution >= 4 is 22.4 Å². The summed E-state index contributed by atoms with van der Waals surface area (Å²) in [4.78, 5) is 17.8. The van der Waals surface area contributed by atoms with Crippen molar-refractivity contribution in [3.63, 3.8) is 0 Å². The lowest BCUT2D eigenvalue weighted by Gasteiger charge is -2.29. The summed E-state index contributed by atoms with van der Waals surface area (Å²) in [6, 6.07) is 0.461. The number of anilines is 1. The number of aromatic nitrogens is 1. The van der Waals surface area contributed by atoms with Crippen LogP contribution in [0.3, 0.4) is 0 Å². The standard InChI is InChI=1S/C11H17N3O2S/c1-14-5-3-8(4-6-14)12-11-13-9(7-17-11)10(15)16-2/h7-8H,3-6H2,1-2H3,(H,12,13). The monoisotopic (exact) mass is 255 g/mol. The van der Waals surface area contributed by atoms with Crippen LogP contribution in [0.25, 0.3) is 0 Å². The van der Waals surface area contributed by atoms with E-state index in [1.54, 1.807) is 5.38 Å². The molecule has 0 unspecified atom stereocenters. The van der Waals surface area contributed by atoms with E-state index in [-0.39, 0.29) is 5.97 Å². The smallest absolute Gasteiger partial charge is 0.357 e. The van der Waals surface area contributed by atoms with E-state index in [1.807, 2.05) is 0 Å². The Hall–Kier alpha value is -1.14. The number of piperidine rings is 1. The molecule has 0 saturated carbocycles. The number of thiazole rings is 1. The zero-order valence-electron chi connectivity index (χ0n) is 10.1. The number of carbonyl (C=O) groups excluding carboxylic acids is 1. The van der Waals surface area contributed by atoms with Crippen molar-refractivity contribution in [2.45, 2.75) is 18.9 Å². The van der Waals surface area contributed by atoms with E-state index in [0.717, 1.165) is 31.1 Å². The van der Waals surface area contributed by atoms with Gasteiger partial charge < -0.3 is 15.0 Å². The summed E-state index contributed by atoms with van der Waals surface area (Å²) in [6.07, 6.45) is 2.23. The van der Waals surface area contributed by atoms with Crippen LogP contribution in [0.5, 0.6) is 0 Å². The quantitative estimate of drug-likeness (QED) is 0.828. The minimum Gasteiger partial charge on any atom is -0.464 e. The number of rotatable bonds is 3. The maximum Gasteiger partial charge on any atom is 0.357 e. The molecule has 94 valence electrons.